The molecule has 120 valence electrons. The van der Waals surface area contributed by atoms with Gasteiger partial charge in [-0.1, -0.05) is 6.07 Å². The van der Waals surface area contributed by atoms with E-state index in [4.69, 9.17) is 9.47 Å². The standard InChI is InChI=1S/C19H20O4/c1-3-23-14-7-8-15-12(10-14)9-13(19(21)22-2)11-17-16(15)5-4-6-18(17)20/h7-10H,3-6,11H2,1-2H3. The Balaban J connectivity index is 2.17. The second-order valence-corrected chi connectivity index (χ2v) is 5.75. The number of ether oxygens (including phenoxy) is 2. The lowest BCUT2D eigenvalue weighted by molar-refractivity contribution is -0.136. The Morgan fingerprint density at radius 1 is 1.22 bits per heavy atom. The largest absolute Gasteiger partial charge is 0.494 e. The van der Waals surface area contributed by atoms with E-state index in [9.17, 15) is 9.59 Å². The topological polar surface area (TPSA) is 52.6 Å². The summed E-state index contributed by atoms with van der Waals surface area (Å²) in [5, 5.41) is 0. The summed E-state index contributed by atoms with van der Waals surface area (Å²) in [5.74, 6) is 0.519. The van der Waals surface area contributed by atoms with Crippen LogP contribution in [0.1, 0.15) is 43.7 Å². The molecule has 2 aliphatic carbocycles. The lowest BCUT2D eigenvalue weighted by Gasteiger charge is -2.19. The summed E-state index contributed by atoms with van der Waals surface area (Å²) in [7, 11) is 1.36. The highest BCUT2D eigenvalue weighted by Crippen LogP contribution is 2.39. The number of rotatable bonds is 3. The zero-order valence-electron chi connectivity index (χ0n) is 13.5. The molecule has 23 heavy (non-hydrogen) atoms. The molecule has 0 atom stereocenters. The van der Waals surface area contributed by atoms with Crippen LogP contribution < -0.4 is 4.74 Å². The Bertz CT molecular complexity index is 725. The van der Waals surface area contributed by atoms with Crippen LogP contribution in [0, 0.1) is 0 Å². The third-order valence-corrected chi connectivity index (χ3v) is 4.34. The van der Waals surface area contributed by atoms with E-state index in [0.29, 0.717) is 25.0 Å². The molecule has 0 fully saturated rings. The Kier molecular flexibility index (Phi) is 4.33. The van der Waals surface area contributed by atoms with Crippen LogP contribution >= 0.6 is 0 Å². The lowest BCUT2D eigenvalue weighted by Crippen LogP contribution is -2.13. The fourth-order valence-electron chi connectivity index (χ4n) is 3.28. The predicted molar refractivity (Wildman–Crippen MR) is 88.0 cm³/mol. The molecule has 0 aromatic heterocycles. The Morgan fingerprint density at radius 3 is 2.78 bits per heavy atom. The minimum absolute atomic E-state index is 0.141. The quantitative estimate of drug-likeness (QED) is 0.801. The van der Waals surface area contributed by atoms with Crippen molar-refractivity contribution in [1.82, 2.24) is 0 Å². The van der Waals surface area contributed by atoms with E-state index < -0.39 is 0 Å². The molecule has 0 heterocycles. The van der Waals surface area contributed by atoms with Gasteiger partial charge in [0.05, 0.1) is 13.7 Å². The maximum atomic E-state index is 12.4. The van der Waals surface area contributed by atoms with Crippen molar-refractivity contribution in [2.75, 3.05) is 13.7 Å². The van der Waals surface area contributed by atoms with Gasteiger partial charge in [0.15, 0.2) is 5.78 Å². The molecule has 0 unspecified atom stereocenters. The van der Waals surface area contributed by atoms with Gasteiger partial charge in [0.1, 0.15) is 5.75 Å². The van der Waals surface area contributed by atoms with Gasteiger partial charge < -0.3 is 9.47 Å². The molecule has 1 aromatic carbocycles. The van der Waals surface area contributed by atoms with Gasteiger partial charge >= 0.3 is 5.97 Å². The molecule has 0 bridgehead atoms. The first-order valence-corrected chi connectivity index (χ1v) is 7.95. The number of hydrogen-bond donors (Lipinski definition) is 0. The van der Waals surface area contributed by atoms with Crippen LogP contribution in [0.3, 0.4) is 0 Å². The van der Waals surface area contributed by atoms with Crippen LogP contribution in [-0.4, -0.2) is 25.5 Å². The van der Waals surface area contributed by atoms with E-state index in [0.717, 1.165) is 40.9 Å². The summed E-state index contributed by atoms with van der Waals surface area (Å²) in [6.07, 6.45) is 4.46. The van der Waals surface area contributed by atoms with Crippen molar-refractivity contribution >= 4 is 23.4 Å². The highest BCUT2D eigenvalue weighted by atomic mass is 16.5. The fraction of sp³-hybridized carbons (Fsp3) is 0.368. The van der Waals surface area contributed by atoms with Crippen molar-refractivity contribution in [2.24, 2.45) is 0 Å². The number of carbonyl (C=O) groups is 2. The summed E-state index contributed by atoms with van der Waals surface area (Å²) < 4.78 is 10.4. The third-order valence-electron chi connectivity index (χ3n) is 4.34. The van der Waals surface area contributed by atoms with Gasteiger partial charge in [0, 0.05) is 24.0 Å². The smallest absolute Gasteiger partial charge is 0.334 e. The predicted octanol–water partition coefficient (Wildman–Crippen LogP) is 3.55. The summed E-state index contributed by atoms with van der Waals surface area (Å²) in [5.41, 5.74) is 4.28. The molecule has 0 radical (unpaired) electrons. The first-order chi connectivity index (χ1) is 11.1. The number of Topliss-reactive ketones (excluding diaryl/α,β-unsaturated/α-hetero) is 1. The Labute approximate surface area is 135 Å². The first kappa shape index (κ1) is 15.5. The van der Waals surface area contributed by atoms with Crippen LogP contribution in [0.4, 0.5) is 0 Å². The Hall–Kier alpha value is -2.36. The van der Waals surface area contributed by atoms with Gasteiger partial charge in [0.2, 0.25) is 0 Å². The number of benzene rings is 1. The number of methoxy groups -OCH3 is 1. The van der Waals surface area contributed by atoms with Crippen molar-refractivity contribution in [3.05, 3.63) is 40.5 Å². The van der Waals surface area contributed by atoms with Crippen LogP contribution in [0.25, 0.3) is 11.6 Å². The second-order valence-electron chi connectivity index (χ2n) is 5.75. The maximum Gasteiger partial charge on any atom is 0.334 e. The van der Waals surface area contributed by atoms with Crippen LogP contribution in [0.5, 0.6) is 5.75 Å². The molecule has 0 amide bonds. The van der Waals surface area contributed by atoms with E-state index in [2.05, 4.69) is 0 Å². The van der Waals surface area contributed by atoms with Crippen LogP contribution in [0.15, 0.2) is 29.3 Å². The normalized spacial score (nSPS) is 17.0. The van der Waals surface area contributed by atoms with Crippen molar-refractivity contribution in [2.45, 2.75) is 32.6 Å². The molecule has 3 rings (SSSR count). The summed E-state index contributed by atoms with van der Waals surface area (Å²) >= 11 is 0. The van der Waals surface area contributed by atoms with Gasteiger partial charge in [-0.2, -0.15) is 0 Å². The third kappa shape index (κ3) is 2.93. The average molecular weight is 312 g/mol. The zero-order valence-corrected chi connectivity index (χ0v) is 13.5. The van der Waals surface area contributed by atoms with Crippen LogP contribution in [-0.2, 0) is 14.3 Å². The Morgan fingerprint density at radius 2 is 2.04 bits per heavy atom. The number of esters is 1. The molecule has 0 saturated heterocycles. The summed E-state index contributed by atoms with van der Waals surface area (Å²) in [4.78, 5) is 24.4. The number of fused-ring (bicyclic) bond motifs is 2. The summed E-state index contributed by atoms with van der Waals surface area (Å²) in [6.45, 7) is 2.51. The van der Waals surface area contributed by atoms with Gasteiger partial charge in [0.25, 0.3) is 0 Å². The monoisotopic (exact) mass is 312 g/mol. The molecule has 4 heteroatoms. The highest BCUT2D eigenvalue weighted by molar-refractivity contribution is 6.09. The van der Waals surface area contributed by atoms with Gasteiger partial charge in [-0.3, -0.25) is 4.79 Å². The van der Waals surface area contributed by atoms with E-state index in [1.807, 2.05) is 31.2 Å². The van der Waals surface area contributed by atoms with Crippen molar-refractivity contribution in [3.63, 3.8) is 0 Å². The number of hydrogen-bond acceptors (Lipinski definition) is 4. The first-order valence-electron chi connectivity index (χ1n) is 7.95. The molecule has 0 saturated carbocycles. The SMILES string of the molecule is CCOc1ccc2c(c1)C=C(C(=O)OC)CC1=C2CCCC1=O. The zero-order chi connectivity index (χ0) is 16.4. The van der Waals surface area contributed by atoms with Crippen molar-refractivity contribution in [3.8, 4) is 5.75 Å². The van der Waals surface area contributed by atoms with Gasteiger partial charge in [-0.25, -0.2) is 4.79 Å². The maximum absolute atomic E-state index is 12.4. The molecule has 1 aromatic rings. The minimum atomic E-state index is -0.384. The fourth-order valence-corrected chi connectivity index (χ4v) is 3.28. The van der Waals surface area contributed by atoms with Crippen LogP contribution in [0.2, 0.25) is 0 Å². The molecule has 0 aliphatic heterocycles. The number of carbonyl (C=O) groups excluding carboxylic acids is 2. The molecule has 0 N–H and O–H groups in total. The van der Waals surface area contributed by atoms with E-state index in [-0.39, 0.29) is 11.8 Å². The minimum Gasteiger partial charge on any atom is -0.494 e. The molecule has 0 spiro atoms. The summed E-state index contributed by atoms with van der Waals surface area (Å²) in [6, 6.07) is 5.84. The number of ketones is 1. The average Bonchev–Trinajstić information content (AvgIpc) is 2.72. The van der Waals surface area contributed by atoms with Crippen molar-refractivity contribution < 1.29 is 19.1 Å². The highest BCUT2D eigenvalue weighted by Gasteiger charge is 2.28. The van der Waals surface area contributed by atoms with E-state index in [1.165, 1.54) is 7.11 Å². The molecule has 4 nitrogen and oxygen atoms in total. The lowest BCUT2D eigenvalue weighted by atomic mass is 9.84. The van der Waals surface area contributed by atoms with Gasteiger partial charge in [-0.15, -0.1) is 0 Å². The van der Waals surface area contributed by atoms with E-state index >= 15 is 0 Å². The van der Waals surface area contributed by atoms with Crippen molar-refractivity contribution in [1.29, 1.82) is 0 Å². The number of allylic oxidation sites excluding steroid dienone is 2. The second kappa shape index (κ2) is 6.41. The molecular formula is C19H20O4. The molecular weight excluding hydrogens is 292 g/mol. The van der Waals surface area contributed by atoms with E-state index in [1.54, 1.807) is 0 Å². The molecule has 2 aliphatic rings. The van der Waals surface area contributed by atoms with Gasteiger partial charge in [-0.05, 0) is 54.7 Å².